The van der Waals surface area contributed by atoms with Crippen LogP contribution in [0.3, 0.4) is 0 Å². The number of nitrogens with one attached hydrogen (secondary N) is 1. The molecule has 0 aliphatic heterocycles. The van der Waals surface area contributed by atoms with E-state index in [0.29, 0.717) is 0 Å². The van der Waals surface area contributed by atoms with Gasteiger partial charge in [0.1, 0.15) is 0 Å². The fourth-order valence-corrected chi connectivity index (χ4v) is 1.83. The van der Waals surface area contributed by atoms with E-state index in [1.54, 1.807) is 0 Å². The summed E-state index contributed by atoms with van der Waals surface area (Å²) in [7, 11) is 4.09. The lowest BCUT2D eigenvalue weighted by Crippen LogP contribution is -2.11. The van der Waals surface area contributed by atoms with Crippen LogP contribution in [0.2, 0.25) is 0 Å². The van der Waals surface area contributed by atoms with Crippen LogP contribution in [0.5, 0.6) is 0 Å². The number of anilines is 2. The van der Waals surface area contributed by atoms with Crippen LogP contribution >= 0.6 is 0 Å². The highest BCUT2D eigenvalue weighted by atomic mass is 15.1. The van der Waals surface area contributed by atoms with Crippen molar-refractivity contribution in [3.8, 4) is 0 Å². The molecule has 0 amide bonds. The minimum atomic E-state index is 0.198. The summed E-state index contributed by atoms with van der Waals surface area (Å²) in [6, 6.07) is 14.5. The fraction of sp³-hybridized carbons (Fsp3) is 0.267. The van der Waals surface area contributed by atoms with Gasteiger partial charge < -0.3 is 10.2 Å². The van der Waals surface area contributed by atoms with E-state index in [0.717, 1.165) is 11.4 Å². The smallest absolute Gasteiger partial charge is 0.0657 e. The lowest BCUT2D eigenvalue weighted by atomic mass is 10.2. The first-order valence-corrected chi connectivity index (χ1v) is 6.11. The lowest BCUT2D eigenvalue weighted by Gasteiger charge is -2.17. The van der Waals surface area contributed by atoms with Gasteiger partial charge in [0.2, 0.25) is 0 Å². The van der Waals surface area contributed by atoms with Crippen molar-refractivity contribution in [3.05, 3.63) is 54.4 Å². The zero-order valence-electron chi connectivity index (χ0n) is 11.1. The summed E-state index contributed by atoms with van der Waals surface area (Å²) >= 11 is 0. The van der Waals surface area contributed by atoms with Gasteiger partial charge in [-0.3, -0.25) is 4.98 Å². The predicted octanol–water partition coefficient (Wildman–Crippen LogP) is 3.32. The molecule has 1 atom stereocenters. The van der Waals surface area contributed by atoms with Gasteiger partial charge in [-0.2, -0.15) is 0 Å². The van der Waals surface area contributed by atoms with Crippen molar-refractivity contribution < 1.29 is 0 Å². The molecule has 1 heterocycles. The maximum Gasteiger partial charge on any atom is 0.0657 e. The first kappa shape index (κ1) is 12.4. The van der Waals surface area contributed by atoms with Gasteiger partial charge in [-0.15, -0.1) is 0 Å². The molecule has 3 heteroatoms. The maximum absolute atomic E-state index is 4.36. The van der Waals surface area contributed by atoms with Crippen molar-refractivity contribution in [2.24, 2.45) is 0 Å². The minimum Gasteiger partial charge on any atom is -0.378 e. The summed E-state index contributed by atoms with van der Waals surface area (Å²) in [5.74, 6) is 0. The highest BCUT2D eigenvalue weighted by molar-refractivity contribution is 5.57. The Kier molecular flexibility index (Phi) is 3.82. The van der Waals surface area contributed by atoms with Gasteiger partial charge in [0.15, 0.2) is 0 Å². The first-order chi connectivity index (χ1) is 8.66. The average Bonchev–Trinajstić information content (AvgIpc) is 2.40. The van der Waals surface area contributed by atoms with Crippen molar-refractivity contribution >= 4 is 11.4 Å². The Morgan fingerprint density at radius 3 is 2.61 bits per heavy atom. The van der Waals surface area contributed by atoms with Gasteiger partial charge in [0, 0.05) is 31.7 Å². The monoisotopic (exact) mass is 241 g/mol. The van der Waals surface area contributed by atoms with Crippen molar-refractivity contribution in [1.82, 2.24) is 4.98 Å². The standard InChI is InChI=1S/C15H19N3/c1-12(15-9-4-5-10-16-15)17-13-7-6-8-14(11-13)18(2)3/h4-12,17H,1-3H3. The third-order valence-electron chi connectivity index (χ3n) is 2.88. The van der Waals surface area contributed by atoms with Gasteiger partial charge in [-0.1, -0.05) is 12.1 Å². The summed E-state index contributed by atoms with van der Waals surface area (Å²) in [4.78, 5) is 6.45. The highest BCUT2D eigenvalue weighted by Crippen LogP contribution is 2.21. The molecule has 1 aromatic carbocycles. The fourth-order valence-electron chi connectivity index (χ4n) is 1.83. The highest BCUT2D eigenvalue weighted by Gasteiger charge is 2.06. The molecule has 0 saturated heterocycles. The molecular formula is C15H19N3. The number of benzene rings is 1. The van der Waals surface area contributed by atoms with Crippen LogP contribution in [0.4, 0.5) is 11.4 Å². The molecule has 1 N–H and O–H groups in total. The van der Waals surface area contributed by atoms with Crippen molar-refractivity contribution in [2.75, 3.05) is 24.3 Å². The zero-order valence-corrected chi connectivity index (χ0v) is 11.1. The quantitative estimate of drug-likeness (QED) is 0.890. The third kappa shape index (κ3) is 3.00. The third-order valence-corrected chi connectivity index (χ3v) is 2.88. The van der Waals surface area contributed by atoms with Gasteiger partial charge in [-0.25, -0.2) is 0 Å². The van der Waals surface area contributed by atoms with Gasteiger partial charge in [-0.05, 0) is 37.3 Å². The van der Waals surface area contributed by atoms with Crippen LogP contribution in [0.1, 0.15) is 18.7 Å². The van der Waals surface area contributed by atoms with Crippen molar-refractivity contribution in [1.29, 1.82) is 0 Å². The van der Waals surface area contributed by atoms with Crippen molar-refractivity contribution in [3.63, 3.8) is 0 Å². The molecular weight excluding hydrogens is 222 g/mol. The van der Waals surface area contributed by atoms with Crippen LogP contribution in [0.25, 0.3) is 0 Å². The molecule has 1 unspecified atom stereocenters. The van der Waals surface area contributed by atoms with Crippen LogP contribution in [-0.2, 0) is 0 Å². The number of aromatic nitrogens is 1. The van der Waals surface area contributed by atoms with E-state index >= 15 is 0 Å². The molecule has 0 aliphatic carbocycles. The van der Waals surface area contributed by atoms with E-state index in [4.69, 9.17) is 0 Å². The largest absolute Gasteiger partial charge is 0.378 e. The molecule has 0 spiro atoms. The molecule has 18 heavy (non-hydrogen) atoms. The molecule has 0 saturated carbocycles. The van der Waals surface area contributed by atoms with Gasteiger partial charge >= 0.3 is 0 Å². The summed E-state index contributed by atoms with van der Waals surface area (Å²) in [6.07, 6.45) is 1.82. The Balaban J connectivity index is 2.12. The second-order valence-electron chi connectivity index (χ2n) is 4.57. The van der Waals surface area contributed by atoms with Crippen LogP contribution in [-0.4, -0.2) is 19.1 Å². The Bertz CT molecular complexity index is 494. The normalized spacial score (nSPS) is 11.9. The lowest BCUT2D eigenvalue weighted by molar-refractivity contribution is 0.839. The molecule has 0 radical (unpaired) electrons. The number of hydrogen-bond acceptors (Lipinski definition) is 3. The molecule has 0 aliphatic rings. The summed E-state index contributed by atoms with van der Waals surface area (Å²) in [6.45, 7) is 2.12. The van der Waals surface area contributed by atoms with E-state index in [1.165, 1.54) is 5.69 Å². The first-order valence-electron chi connectivity index (χ1n) is 6.11. The maximum atomic E-state index is 4.36. The minimum absolute atomic E-state index is 0.198. The summed E-state index contributed by atoms with van der Waals surface area (Å²) < 4.78 is 0. The Morgan fingerprint density at radius 2 is 1.94 bits per heavy atom. The van der Waals surface area contributed by atoms with E-state index in [9.17, 15) is 0 Å². The Morgan fingerprint density at radius 1 is 1.11 bits per heavy atom. The van der Waals surface area contributed by atoms with Crippen LogP contribution < -0.4 is 10.2 Å². The van der Waals surface area contributed by atoms with E-state index in [-0.39, 0.29) is 6.04 Å². The predicted molar refractivity (Wildman–Crippen MR) is 77.0 cm³/mol. The molecule has 2 aromatic rings. The van der Waals surface area contributed by atoms with Crippen LogP contribution in [0.15, 0.2) is 48.7 Å². The van der Waals surface area contributed by atoms with E-state index < -0.39 is 0 Å². The van der Waals surface area contributed by atoms with Gasteiger partial charge in [0.25, 0.3) is 0 Å². The SMILES string of the molecule is CC(Nc1cccc(N(C)C)c1)c1ccccn1. The molecule has 3 nitrogen and oxygen atoms in total. The summed E-state index contributed by atoms with van der Waals surface area (Å²) in [5, 5.41) is 3.46. The Labute approximate surface area is 108 Å². The number of pyridine rings is 1. The molecule has 2 rings (SSSR count). The van der Waals surface area contributed by atoms with Crippen LogP contribution in [0, 0.1) is 0 Å². The zero-order chi connectivity index (χ0) is 13.0. The van der Waals surface area contributed by atoms with E-state index in [1.807, 2.05) is 38.5 Å². The molecule has 1 aromatic heterocycles. The number of hydrogen-bond donors (Lipinski definition) is 1. The number of rotatable bonds is 4. The number of nitrogens with zero attached hydrogens (tertiary/aromatic N) is 2. The second-order valence-corrected chi connectivity index (χ2v) is 4.57. The molecule has 0 bridgehead atoms. The Hall–Kier alpha value is -2.03. The van der Waals surface area contributed by atoms with E-state index in [2.05, 4.69) is 46.4 Å². The topological polar surface area (TPSA) is 28.2 Å². The van der Waals surface area contributed by atoms with Gasteiger partial charge in [0.05, 0.1) is 11.7 Å². The second kappa shape index (κ2) is 5.54. The molecule has 94 valence electrons. The van der Waals surface area contributed by atoms with Crippen molar-refractivity contribution in [2.45, 2.75) is 13.0 Å². The summed E-state index contributed by atoms with van der Waals surface area (Å²) in [5.41, 5.74) is 3.35. The molecule has 0 fully saturated rings. The average molecular weight is 241 g/mol.